The van der Waals surface area contributed by atoms with Gasteiger partial charge in [-0.3, -0.25) is 4.68 Å². The van der Waals surface area contributed by atoms with E-state index < -0.39 is 0 Å². The Morgan fingerprint density at radius 1 is 1.28 bits per heavy atom. The molecule has 0 saturated heterocycles. The zero-order chi connectivity index (χ0) is 12.8. The number of aryl methyl sites for hydroxylation is 1. The summed E-state index contributed by atoms with van der Waals surface area (Å²) in [6.45, 7) is 1.83. The van der Waals surface area contributed by atoms with Crippen molar-refractivity contribution in [1.82, 2.24) is 15.1 Å². The summed E-state index contributed by atoms with van der Waals surface area (Å²) >= 11 is 5.82. The van der Waals surface area contributed by atoms with E-state index in [1.165, 1.54) is 16.8 Å². The molecule has 0 aliphatic heterocycles. The molecule has 0 fully saturated rings. The highest BCUT2D eigenvalue weighted by molar-refractivity contribution is 6.17. The molecule has 0 aliphatic rings. The second kappa shape index (κ2) is 6.57. The Kier molecular flexibility index (Phi) is 4.79. The monoisotopic (exact) mass is 263 g/mol. The zero-order valence-electron chi connectivity index (χ0n) is 10.6. The topological polar surface area (TPSA) is 29.9 Å². The summed E-state index contributed by atoms with van der Waals surface area (Å²) in [6.07, 6.45) is 2.82. The first-order valence-corrected chi connectivity index (χ1v) is 6.64. The Hall–Kier alpha value is -1.32. The van der Waals surface area contributed by atoms with E-state index in [0.29, 0.717) is 5.88 Å². The highest BCUT2D eigenvalue weighted by Gasteiger charge is 1.98. The molecule has 0 amide bonds. The van der Waals surface area contributed by atoms with Crippen molar-refractivity contribution >= 4 is 11.6 Å². The summed E-state index contributed by atoms with van der Waals surface area (Å²) in [5, 5.41) is 7.58. The van der Waals surface area contributed by atoms with Gasteiger partial charge in [0, 0.05) is 44.3 Å². The average molecular weight is 264 g/mol. The number of nitrogens with one attached hydrogen (secondary N) is 1. The van der Waals surface area contributed by atoms with Crippen LogP contribution in [0.5, 0.6) is 0 Å². The van der Waals surface area contributed by atoms with Gasteiger partial charge in [0.05, 0.1) is 0 Å². The van der Waals surface area contributed by atoms with Crippen LogP contribution in [0.25, 0.3) is 0 Å². The van der Waals surface area contributed by atoms with Crippen LogP contribution in [0.2, 0.25) is 0 Å². The largest absolute Gasteiger partial charge is 0.312 e. The quantitative estimate of drug-likeness (QED) is 0.641. The van der Waals surface area contributed by atoms with E-state index in [2.05, 4.69) is 34.7 Å². The molecule has 0 spiro atoms. The molecule has 1 N–H and O–H groups in total. The van der Waals surface area contributed by atoms with E-state index in [1.807, 2.05) is 24.0 Å². The highest BCUT2D eigenvalue weighted by atomic mass is 35.5. The molecule has 1 aromatic heterocycles. The van der Waals surface area contributed by atoms with Crippen LogP contribution in [0.1, 0.15) is 16.8 Å². The lowest BCUT2D eigenvalue weighted by atomic mass is 10.1. The molecule has 0 saturated carbocycles. The second-order valence-corrected chi connectivity index (χ2v) is 4.59. The fraction of sp³-hybridized carbons (Fsp3) is 0.357. The first-order valence-electron chi connectivity index (χ1n) is 6.11. The van der Waals surface area contributed by atoms with Crippen molar-refractivity contribution in [2.24, 2.45) is 7.05 Å². The summed E-state index contributed by atoms with van der Waals surface area (Å²) in [5.74, 6) is 0.572. The van der Waals surface area contributed by atoms with Crippen LogP contribution < -0.4 is 5.32 Å². The van der Waals surface area contributed by atoms with Crippen LogP contribution in [-0.2, 0) is 25.9 Å². The van der Waals surface area contributed by atoms with Crippen molar-refractivity contribution in [3.63, 3.8) is 0 Å². The molecule has 1 aromatic carbocycles. The summed E-state index contributed by atoms with van der Waals surface area (Å²) in [4.78, 5) is 0. The van der Waals surface area contributed by atoms with Crippen molar-refractivity contribution in [1.29, 1.82) is 0 Å². The number of halogens is 1. The van der Waals surface area contributed by atoms with E-state index in [1.54, 1.807) is 0 Å². The van der Waals surface area contributed by atoms with Crippen molar-refractivity contribution in [2.75, 3.05) is 6.54 Å². The number of aromatic nitrogens is 2. The van der Waals surface area contributed by atoms with E-state index in [4.69, 9.17) is 11.6 Å². The predicted octanol–water partition coefficient (Wildman–Crippen LogP) is 2.49. The molecule has 2 aromatic rings. The van der Waals surface area contributed by atoms with Crippen molar-refractivity contribution in [3.8, 4) is 0 Å². The maximum atomic E-state index is 5.82. The van der Waals surface area contributed by atoms with Gasteiger partial charge in [-0.05, 0) is 17.2 Å². The third-order valence-electron chi connectivity index (χ3n) is 2.96. The lowest BCUT2D eigenvalue weighted by molar-refractivity contribution is 0.643. The number of hydrogen-bond donors (Lipinski definition) is 1. The van der Waals surface area contributed by atoms with Gasteiger partial charge in [-0.25, -0.2) is 0 Å². The fourth-order valence-electron chi connectivity index (χ4n) is 1.92. The third kappa shape index (κ3) is 3.59. The van der Waals surface area contributed by atoms with Crippen LogP contribution in [0, 0.1) is 0 Å². The van der Waals surface area contributed by atoms with Gasteiger partial charge in [0.2, 0.25) is 0 Å². The lowest BCUT2D eigenvalue weighted by Gasteiger charge is -2.06. The summed E-state index contributed by atoms with van der Waals surface area (Å²) in [7, 11) is 1.97. The normalized spacial score (nSPS) is 10.8. The highest BCUT2D eigenvalue weighted by Crippen LogP contribution is 2.07. The first kappa shape index (κ1) is 13.1. The molecule has 4 heteroatoms. The maximum Gasteiger partial charge on any atom is 0.0492 e. The number of hydrogen-bond acceptors (Lipinski definition) is 2. The molecule has 1 heterocycles. The predicted molar refractivity (Wildman–Crippen MR) is 74.6 cm³/mol. The van der Waals surface area contributed by atoms with Gasteiger partial charge >= 0.3 is 0 Å². The number of nitrogens with zero attached hydrogens (tertiary/aromatic N) is 2. The van der Waals surface area contributed by atoms with E-state index >= 15 is 0 Å². The maximum absolute atomic E-state index is 5.82. The lowest BCUT2D eigenvalue weighted by Crippen LogP contribution is -2.17. The molecule has 0 aliphatic carbocycles. The van der Waals surface area contributed by atoms with Crippen LogP contribution >= 0.6 is 11.6 Å². The summed E-state index contributed by atoms with van der Waals surface area (Å²) in [5.41, 5.74) is 3.69. The Morgan fingerprint density at radius 2 is 2.11 bits per heavy atom. The molecule has 3 nitrogen and oxygen atoms in total. The molecule has 0 unspecified atom stereocenters. The number of rotatable bonds is 6. The molecule has 0 bridgehead atoms. The summed E-state index contributed by atoms with van der Waals surface area (Å²) in [6, 6.07) is 10.4. The second-order valence-electron chi connectivity index (χ2n) is 4.33. The number of alkyl halides is 1. The Morgan fingerprint density at radius 3 is 2.83 bits per heavy atom. The van der Waals surface area contributed by atoms with Crippen molar-refractivity contribution < 1.29 is 0 Å². The van der Waals surface area contributed by atoms with E-state index in [-0.39, 0.29) is 0 Å². The van der Waals surface area contributed by atoms with Crippen LogP contribution in [0.15, 0.2) is 36.5 Å². The zero-order valence-corrected chi connectivity index (χ0v) is 11.3. The summed E-state index contributed by atoms with van der Waals surface area (Å²) < 4.78 is 1.91. The van der Waals surface area contributed by atoms with E-state index in [9.17, 15) is 0 Å². The SMILES string of the molecule is Cn1nccc1CCNCc1cccc(CCl)c1. The standard InChI is InChI=1S/C14H18ClN3/c1-18-14(6-8-17-18)5-7-16-11-13-4-2-3-12(9-13)10-15/h2-4,6,8-9,16H,5,7,10-11H2,1H3. The van der Waals surface area contributed by atoms with Crippen LogP contribution in [0.4, 0.5) is 0 Å². The van der Waals surface area contributed by atoms with Crippen LogP contribution in [0.3, 0.4) is 0 Å². The minimum absolute atomic E-state index is 0.572. The van der Waals surface area contributed by atoms with Crippen molar-refractivity contribution in [2.45, 2.75) is 18.8 Å². The van der Waals surface area contributed by atoms with Crippen molar-refractivity contribution in [3.05, 3.63) is 53.3 Å². The van der Waals surface area contributed by atoms with Gasteiger partial charge in [0.15, 0.2) is 0 Å². The molecule has 2 rings (SSSR count). The smallest absolute Gasteiger partial charge is 0.0492 e. The van der Waals surface area contributed by atoms with Gasteiger partial charge in [0.1, 0.15) is 0 Å². The minimum atomic E-state index is 0.572. The Labute approximate surface area is 113 Å². The molecular weight excluding hydrogens is 246 g/mol. The Balaban J connectivity index is 1.76. The molecule has 0 radical (unpaired) electrons. The van der Waals surface area contributed by atoms with Crippen LogP contribution in [-0.4, -0.2) is 16.3 Å². The average Bonchev–Trinajstić information content (AvgIpc) is 2.81. The Bertz CT molecular complexity index is 493. The molecular formula is C14H18ClN3. The third-order valence-corrected chi connectivity index (χ3v) is 3.26. The van der Waals surface area contributed by atoms with Gasteiger partial charge in [-0.15, -0.1) is 11.6 Å². The molecule has 18 heavy (non-hydrogen) atoms. The molecule has 96 valence electrons. The van der Waals surface area contributed by atoms with E-state index in [0.717, 1.165) is 19.5 Å². The fourth-order valence-corrected chi connectivity index (χ4v) is 2.08. The minimum Gasteiger partial charge on any atom is -0.312 e. The first-order chi connectivity index (χ1) is 8.79. The van der Waals surface area contributed by atoms with Gasteiger partial charge < -0.3 is 5.32 Å². The number of benzene rings is 1. The van der Waals surface area contributed by atoms with Gasteiger partial charge in [-0.2, -0.15) is 5.10 Å². The van der Waals surface area contributed by atoms with Gasteiger partial charge in [-0.1, -0.05) is 24.3 Å². The molecule has 0 atom stereocenters. The van der Waals surface area contributed by atoms with Gasteiger partial charge in [0.25, 0.3) is 0 Å².